The molecular weight excluding hydrogens is 610 g/mol. The molecule has 1 fully saturated rings. The van der Waals surface area contributed by atoms with E-state index < -0.39 is 40.3 Å². The van der Waals surface area contributed by atoms with Gasteiger partial charge in [0.1, 0.15) is 5.75 Å². The lowest BCUT2D eigenvalue weighted by atomic mass is 10.0. The highest BCUT2D eigenvalue weighted by atomic mass is 32.2. The van der Waals surface area contributed by atoms with Crippen molar-refractivity contribution >= 4 is 33.5 Å². The summed E-state index contributed by atoms with van der Waals surface area (Å²) in [6, 6.07) is 20.8. The molecule has 4 rings (SSSR count). The van der Waals surface area contributed by atoms with Crippen LogP contribution >= 0.6 is 0 Å². The van der Waals surface area contributed by atoms with Crippen LogP contribution in [0.2, 0.25) is 0 Å². The Morgan fingerprint density at radius 3 is 2.39 bits per heavy atom. The summed E-state index contributed by atoms with van der Waals surface area (Å²) in [5.41, 5.74) is 1.64. The normalized spacial score (nSPS) is 16.9. The molecule has 12 heteroatoms. The van der Waals surface area contributed by atoms with Crippen molar-refractivity contribution < 1.29 is 37.4 Å². The van der Waals surface area contributed by atoms with Gasteiger partial charge in [0.25, 0.3) is 5.91 Å². The minimum atomic E-state index is -4.03. The summed E-state index contributed by atoms with van der Waals surface area (Å²) in [6.07, 6.45) is -2.35. The van der Waals surface area contributed by atoms with E-state index in [1.807, 2.05) is 44.2 Å². The number of sulfonamides is 1. The first kappa shape index (κ1) is 34.6. The number of nitrogens with zero attached hydrogens (tertiary/aromatic N) is 2. The molecular formula is C34H41N3O8S. The van der Waals surface area contributed by atoms with E-state index in [2.05, 4.69) is 5.32 Å². The highest BCUT2D eigenvalue weighted by Crippen LogP contribution is 2.25. The summed E-state index contributed by atoms with van der Waals surface area (Å²) in [5, 5.41) is 14.4. The zero-order valence-electron chi connectivity index (χ0n) is 26.5. The van der Waals surface area contributed by atoms with Crippen LogP contribution < -0.4 is 15.0 Å². The summed E-state index contributed by atoms with van der Waals surface area (Å²) >= 11 is 0. The molecule has 3 aromatic carbocycles. The number of hydrogen-bond donors (Lipinski definition) is 2. The van der Waals surface area contributed by atoms with Crippen molar-refractivity contribution in [3.63, 3.8) is 0 Å². The Kier molecular flexibility index (Phi) is 11.5. The minimum Gasteiger partial charge on any atom is -0.497 e. The SMILES string of the molecule is CCC(C)CN(CC(O)C(Cc1ccccc1)NC(=O)C1CN(c2cccc(C(C)=O)c2)C(=O)O1)S(=O)(=O)c1ccc(OC)cc1. The Bertz CT molecular complexity index is 1610. The van der Waals surface area contributed by atoms with E-state index in [4.69, 9.17) is 9.47 Å². The molecule has 0 saturated carbocycles. The third kappa shape index (κ3) is 8.51. The number of ketones is 1. The second kappa shape index (κ2) is 15.4. The Hall–Kier alpha value is -4.26. The van der Waals surface area contributed by atoms with Crippen LogP contribution in [0.5, 0.6) is 5.75 Å². The molecule has 3 aromatic rings. The fraction of sp³-hybridized carbons (Fsp3) is 0.382. The van der Waals surface area contributed by atoms with Gasteiger partial charge in [0.15, 0.2) is 11.9 Å². The van der Waals surface area contributed by atoms with Crippen LogP contribution in [0.3, 0.4) is 0 Å². The third-order valence-electron chi connectivity index (χ3n) is 8.06. The number of cyclic esters (lactones) is 1. The topological polar surface area (TPSA) is 143 Å². The third-order valence-corrected chi connectivity index (χ3v) is 9.91. The van der Waals surface area contributed by atoms with Crippen LogP contribution in [0, 0.1) is 5.92 Å². The van der Waals surface area contributed by atoms with E-state index in [1.54, 1.807) is 36.4 Å². The van der Waals surface area contributed by atoms with Crippen LogP contribution in [0.25, 0.3) is 0 Å². The fourth-order valence-electron chi connectivity index (χ4n) is 5.11. The molecule has 0 aromatic heterocycles. The van der Waals surface area contributed by atoms with Crippen LogP contribution in [0.1, 0.15) is 43.1 Å². The zero-order valence-corrected chi connectivity index (χ0v) is 27.3. The standard InChI is InChI=1S/C34H41N3O8S/c1-5-23(2)20-36(46(42,43)29-16-14-28(44-4)15-17-29)21-31(39)30(18-25-10-7-6-8-11-25)35-33(40)32-22-37(34(41)45-32)27-13-9-12-26(19-27)24(3)38/h6-17,19,23,30-32,39H,5,18,20-22H2,1-4H3,(H,35,40). The van der Waals surface area contributed by atoms with Gasteiger partial charge in [-0.2, -0.15) is 4.31 Å². The molecule has 4 atom stereocenters. The van der Waals surface area contributed by atoms with Crippen LogP contribution in [-0.4, -0.2) is 80.6 Å². The van der Waals surface area contributed by atoms with Gasteiger partial charge >= 0.3 is 6.09 Å². The number of methoxy groups -OCH3 is 1. The Morgan fingerprint density at radius 1 is 1.07 bits per heavy atom. The van der Waals surface area contributed by atoms with Crippen molar-refractivity contribution in [2.75, 3.05) is 31.6 Å². The quantitative estimate of drug-likeness (QED) is 0.235. The molecule has 1 saturated heterocycles. The summed E-state index contributed by atoms with van der Waals surface area (Å²) in [4.78, 5) is 39.4. The predicted molar refractivity (Wildman–Crippen MR) is 173 cm³/mol. The van der Waals surface area contributed by atoms with Crippen molar-refractivity contribution in [1.82, 2.24) is 9.62 Å². The number of aliphatic hydroxyl groups is 1. The lowest BCUT2D eigenvalue weighted by Crippen LogP contribution is -2.53. The number of rotatable bonds is 15. The van der Waals surface area contributed by atoms with Crippen molar-refractivity contribution in [3.8, 4) is 5.75 Å². The smallest absolute Gasteiger partial charge is 0.415 e. The van der Waals surface area contributed by atoms with E-state index >= 15 is 0 Å². The summed E-state index contributed by atoms with van der Waals surface area (Å²) < 4.78 is 39.4. The average molecular weight is 652 g/mol. The number of hydrogen-bond acceptors (Lipinski definition) is 8. The Balaban J connectivity index is 1.56. The molecule has 0 bridgehead atoms. The molecule has 2 N–H and O–H groups in total. The molecule has 0 aliphatic carbocycles. The van der Waals surface area contributed by atoms with Gasteiger partial charge in [-0.15, -0.1) is 0 Å². The van der Waals surface area contributed by atoms with E-state index in [0.717, 1.165) is 5.56 Å². The molecule has 1 aliphatic rings. The van der Waals surface area contributed by atoms with Crippen LogP contribution in [0.15, 0.2) is 83.8 Å². The number of benzene rings is 3. The van der Waals surface area contributed by atoms with Gasteiger partial charge in [-0.1, -0.05) is 62.7 Å². The maximum Gasteiger partial charge on any atom is 0.415 e. The molecule has 2 amide bonds. The summed E-state index contributed by atoms with van der Waals surface area (Å²) in [7, 11) is -2.53. The van der Waals surface area contributed by atoms with Crippen molar-refractivity contribution in [1.29, 1.82) is 0 Å². The number of ether oxygens (including phenoxy) is 2. The van der Waals surface area contributed by atoms with E-state index in [1.165, 1.54) is 35.4 Å². The van der Waals surface area contributed by atoms with Gasteiger partial charge in [-0.25, -0.2) is 13.2 Å². The van der Waals surface area contributed by atoms with Crippen molar-refractivity contribution in [2.24, 2.45) is 5.92 Å². The second-order valence-corrected chi connectivity index (χ2v) is 13.4. The van der Waals surface area contributed by atoms with Crippen molar-refractivity contribution in [2.45, 2.75) is 56.8 Å². The fourth-order valence-corrected chi connectivity index (χ4v) is 6.69. The number of carbonyl (C=O) groups excluding carboxylic acids is 3. The average Bonchev–Trinajstić information content (AvgIpc) is 3.46. The Labute approximate surface area is 270 Å². The lowest BCUT2D eigenvalue weighted by Gasteiger charge is -2.31. The number of nitrogens with one attached hydrogen (secondary N) is 1. The molecule has 11 nitrogen and oxygen atoms in total. The van der Waals surface area contributed by atoms with Gasteiger partial charge in [-0.3, -0.25) is 14.5 Å². The highest BCUT2D eigenvalue weighted by Gasteiger charge is 2.39. The van der Waals surface area contributed by atoms with Gasteiger partial charge in [0, 0.05) is 24.3 Å². The number of anilines is 1. The van der Waals surface area contributed by atoms with Crippen LogP contribution in [-0.2, 0) is 26.0 Å². The summed E-state index contributed by atoms with van der Waals surface area (Å²) in [6.45, 7) is 5.07. The first-order valence-electron chi connectivity index (χ1n) is 15.2. The minimum absolute atomic E-state index is 0.00669. The Morgan fingerprint density at radius 2 is 1.76 bits per heavy atom. The zero-order chi connectivity index (χ0) is 33.4. The molecule has 46 heavy (non-hydrogen) atoms. The number of carbonyl (C=O) groups is 3. The van der Waals surface area contributed by atoms with Crippen molar-refractivity contribution in [3.05, 3.63) is 90.0 Å². The lowest BCUT2D eigenvalue weighted by molar-refractivity contribution is -0.129. The largest absolute Gasteiger partial charge is 0.497 e. The maximum absolute atomic E-state index is 13.8. The first-order chi connectivity index (χ1) is 21.9. The number of amides is 2. The van der Waals surface area contributed by atoms with E-state index in [-0.39, 0.29) is 42.7 Å². The second-order valence-electron chi connectivity index (χ2n) is 11.5. The summed E-state index contributed by atoms with van der Waals surface area (Å²) in [5.74, 6) is -0.300. The van der Waals surface area contributed by atoms with Gasteiger partial charge in [-0.05, 0) is 61.2 Å². The van der Waals surface area contributed by atoms with Gasteiger partial charge in [0.2, 0.25) is 10.0 Å². The first-order valence-corrected chi connectivity index (χ1v) is 16.6. The van der Waals surface area contributed by atoms with Crippen LogP contribution in [0.4, 0.5) is 10.5 Å². The number of aliphatic hydroxyl groups excluding tert-OH is 1. The molecule has 0 radical (unpaired) electrons. The highest BCUT2D eigenvalue weighted by molar-refractivity contribution is 7.89. The molecule has 4 unspecified atom stereocenters. The molecule has 0 spiro atoms. The van der Waals surface area contributed by atoms with Gasteiger partial charge < -0.3 is 19.9 Å². The maximum atomic E-state index is 13.8. The molecule has 246 valence electrons. The predicted octanol–water partition coefficient (Wildman–Crippen LogP) is 4.05. The number of Topliss-reactive ketones (excluding diaryl/α,β-unsaturated/α-hetero) is 1. The molecule has 1 aliphatic heterocycles. The van der Waals surface area contributed by atoms with E-state index in [9.17, 15) is 27.9 Å². The van der Waals surface area contributed by atoms with Gasteiger partial charge in [0.05, 0.1) is 30.7 Å². The van der Waals surface area contributed by atoms with E-state index in [0.29, 0.717) is 23.4 Å². The monoisotopic (exact) mass is 651 g/mol. The molecule has 1 heterocycles.